The normalized spacial score (nSPS) is 25.1. The molecule has 2 amide bonds. The molecule has 0 bridgehead atoms. The van der Waals surface area contributed by atoms with Gasteiger partial charge in [0.05, 0.1) is 0 Å². The summed E-state index contributed by atoms with van der Waals surface area (Å²) in [5, 5.41) is 0. The zero-order valence-electron chi connectivity index (χ0n) is 32.7. The highest BCUT2D eigenvalue weighted by Crippen LogP contribution is 2.44. The first kappa shape index (κ1) is 38.5. The van der Waals surface area contributed by atoms with Crippen molar-refractivity contribution in [3.63, 3.8) is 0 Å². The molecule has 0 N–H and O–H groups in total. The number of rotatable bonds is 8. The maximum atomic E-state index is 13.3. The zero-order chi connectivity index (χ0) is 39.4. The minimum absolute atomic E-state index is 0.0688. The summed E-state index contributed by atoms with van der Waals surface area (Å²) in [7, 11) is 0. The molecule has 5 aliphatic rings. The number of Topliss-reactive ketones (excluding diaryl/α,β-unsaturated/α-hetero) is 2. The van der Waals surface area contributed by atoms with E-state index in [2.05, 4.69) is 0 Å². The zero-order valence-corrected chi connectivity index (χ0v) is 32.7. The third kappa shape index (κ3) is 8.00. The monoisotopic (exact) mass is 756 g/mol. The minimum atomic E-state index is -0.790. The summed E-state index contributed by atoms with van der Waals surface area (Å²) in [6.07, 6.45) is 5.88. The van der Waals surface area contributed by atoms with E-state index in [-0.39, 0.29) is 35.5 Å². The Hall–Kier alpha value is -4.74. The fourth-order valence-corrected chi connectivity index (χ4v) is 9.34. The average molecular weight is 757 g/mol. The molecule has 3 aliphatic carbocycles. The number of hydrogen-bond donors (Lipinski definition) is 0. The summed E-state index contributed by atoms with van der Waals surface area (Å²) in [5.74, 6) is -1.50. The van der Waals surface area contributed by atoms with Crippen molar-refractivity contribution in [2.75, 3.05) is 13.2 Å². The smallest absolute Gasteiger partial charge is 0.411 e. The molecule has 2 heterocycles. The lowest BCUT2D eigenvalue weighted by Gasteiger charge is -2.31. The van der Waals surface area contributed by atoms with Gasteiger partial charge >= 0.3 is 24.1 Å². The molecule has 2 aromatic carbocycles. The van der Waals surface area contributed by atoms with Gasteiger partial charge in [-0.05, 0) is 133 Å². The molecule has 0 radical (unpaired) electrons. The van der Waals surface area contributed by atoms with Gasteiger partial charge in [-0.3, -0.25) is 19.4 Å². The van der Waals surface area contributed by atoms with Crippen LogP contribution in [-0.2, 0) is 35.0 Å². The Morgan fingerprint density at radius 2 is 1.00 bits per heavy atom. The standard InChI is InChI=1S/C43H52N2O10/c1-42(2,3)54-40(50)44-32-11-7-9-24(32)20-34(44)38(48)52-22-36(46)26-13-15-30-28(17-26)19-29-18-27(14-16-31(29)30)37(47)23-53-39(49)35-21-25-10-8-12-33(25)45(35)41(51)55-43(4,5)6/h13-18,24-25,32-35H,7-12,19-23H2,1-6H3/t24-,25?,32-,33?,34-,35-/m0/s1. The minimum Gasteiger partial charge on any atom is -0.456 e. The number of benzene rings is 2. The number of carbonyl (C=O) groups is 6. The summed E-state index contributed by atoms with van der Waals surface area (Å²) in [6.45, 7) is 9.83. The Morgan fingerprint density at radius 1 is 0.600 bits per heavy atom. The summed E-state index contributed by atoms with van der Waals surface area (Å²) in [4.78, 5) is 82.5. The first-order chi connectivity index (χ1) is 26.0. The van der Waals surface area contributed by atoms with Gasteiger partial charge in [-0.1, -0.05) is 37.1 Å². The molecular weight excluding hydrogens is 704 g/mol. The van der Waals surface area contributed by atoms with Crippen LogP contribution >= 0.6 is 0 Å². The van der Waals surface area contributed by atoms with E-state index in [1.165, 1.54) is 9.80 Å². The Balaban J connectivity index is 0.946. The Kier molecular flexibility index (Phi) is 10.3. The maximum Gasteiger partial charge on any atom is 0.411 e. The number of nitrogens with zero attached hydrogens (tertiary/aromatic N) is 2. The first-order valence-corrected chi connectivity index (χ1v) is 19.7. The molecule has 2 aromatic rings. The highest BCUT2D eigenvalue weighted by molar-refractivity contribution is 6.01. The van der Waals surface area contributed by atoms with Crippen molar-refractivity contribution in [3.8, 4) is 11.1 Å². The van der Waals surface area contributed by atoms with E-state index < -0.39 is 60.6 Å². The van der Waals surface area contributed by atoms with Crippen molar-refractivity contribution in [1.29, 1.82) is 0 Å². The van der Waals surface area contributed by atoms with Crippen molar-refractivity contribution in [1.82, 2.24) is 9.80 Å². The third-order valence-corrected chi connectivity index (χ3v) is 11.6. The van der Waals surface area contributed by atoms with E-state index in [1.54, 1.807) is 65.8 Å². The van der Waals surface area contributed by atoms with Gasteiger partial charge in [0.1, 0.15) is 23.3 Å². The van der Waals surface area contributed by atoms with Crippen molar-refractivity contribution < 1.29 is 47.7 Å². The highest BCUT2D eigenvalue weighted by Gasteiger charge is 2.52. The number of likely N-dealkylation sites (tertiary alicyclic amines) is 2. The third-order valence-electron chi connectivity index (χ3n) is 11.6. The number of ketones is 2. The molecule has 6 atom stereocenters. The molecule has 12 heteroatoms. The summed E-state index contributed by atoms with van der Waals surface area (Å²) in [5.41, 5.74) is 3.05. The average Bonchev–Trinajstić information content (AvgIpc) is 3.92. The van der Waals surface area contributed by atoms with E-state index in [0.717, 1.165) is 60.8 Å². The summed E-state index contributed by atoms with van der Waals surface area (Å²) in [6, 6.07) is 8.97. The van der Waals surface area contributed by atoms with Crippen LogP contribution in [0.4, 0.5) is 9.59 Å². The van der Waals surface area contributed by atoms with Gasteiger partial charge in [0.2, 0.25) is 0 Å². The Labute approximate surface area is 322 Å². The summed E-state index contributed by atoms with van der Waals surface area (Å²) < 4.78 is 22.3. The quantitative estimate of drug-likeness (QED) is 0.133. The molecule has 294 valence electrons. The second-order valence-corrected chi connectivity index (χ2v) is 17.8. The van der Waals surface area contributed by atoms with Crippen molar-refractivity contribution in [3.05, 3.63) is 58.7 Å². The molecule has 7 rings (SSSR count). The van der Waals surface area contributed by atoms with E-state index in [1.807, 2.05) is 12.1 Å². The van der Waals surface area contributed by atoms with E-state index >= 15 is 0 Å². The molecular formula is C43H52N2O10. The molecule has 12 nitrogen and oxygen atoms in total. The van der Waals surface area contributed by atoms with Gasteiger partial charge < -0.3 is 18.9 Å². The van der Waals surface area contributed by atoms with Crippen LogP contribution in [0.25, 0.3) is 11.1 Å². The molecule has 4 fully saturated rings. The number of hydrogen-bond acceptors (Lipinski definition) is 10. The number of ether oxygens (including phenoxy) is 4. The fraction of sp³-hybridized carbons (Fsp3) is 0.581. The maximum absolute atomic E-state index is 13.3. The molecule has 2 saturated carbocycles. The fourth-order valence-electron chi connectivity index (χ4n) is 9.34. The van der Waals surface area contributed by atoms with E-state index in [9.17, 15) is 28.8 Å². The molecule has 0 aromatic heterocycles. The van der Waals surface area contributed by atoms with E-state index in [4.69, 9.17) is 18.9 Å². The lowest BCUT2D eigenvalue weighted by Crippen LogP contribution is -2.47. The molecule has 55 heavy (non-hydrogen) atoms. The van der Waals surface area contributed by atoms with Crippen molar-refractivity contribution in [2.24, 2.45) is 11.8 Å². The van der Waals surface area contributed by atoms with Gasteiger partial charge in [0.15, 0.2) is 24.8 Å². The van der Waals surface area contributed by atoms with E-state index in [0.29, 0.717) is 30.4 Å². The van der Waals surface area contributed by atoms with Crippen LogP contribution in [0.15, 0.2) is 36.4 Å². The lowest BCUT2D eigenvalue weighted by molar-refractivity contribution is -0.148. The van der Waals surface area contributed by atoms with Gasteiger partial charge in [0, 0.05) is 23.2 Å². The second-order valence-electron chi connectivity index (χ2n) is 17.8. The van der Waals surface area contributed by atoms with Crippen LogP contribution < -0.4 is 0 Å². The predicted molar refractivity (Wildman–Crippen MR) is 200 cm³/mol. The van der Waals surface area contributed by atoms with Crippen LogP contribution in [0.3, 0.4) is 0 Å². The van der Waals surface area contributed by atoms with Gasteiger partial charge in [0.25, 0.3) is 0 Å². The number of esters is 2. The second kappa shape index (κ2) is 14.7. The SMILES string of the molecule is CC(C)(C)OC(=O)N1C2CCCC2C[C@H]1C(=O)OCC(=O)c1ccc2c(c1)Cc1cc(C(=O)COC(=O)[C@@H]3C[C@@H]4CCC[C@@H]4N3C(=O)OC(C)(C)C)ccc1-2. The summed E-state index contributed by atoms with van der Waals surface area (Å²) >= 11 is 0. The van der Waals surface area contributed by atoms with Crippen LogP contribution in [0.2, 0.25) is 0 Å². The number of carbonyl (C=O) groups excluding carboxylic acids is 6. The first-order valence-electron chi connectivity index (χ1n) is 19.7. The van der Waals surface area contributed by atoms with Gasteiger partial charge in [-0.15, -0.1) is 0 Å². The van der Waals surface area contributed by atoms with Crippen LogP contribution in [0.5, 0.6) is 0 Å². The Morgan fingerprint density at radius 3 is 1.38 bits per heavy atom. The Bertz CT molecular complexity index is 1770. The molecule has 0 spiro atoms. The van der Waals surface area contributed by atoms with Crippen molar-refractivity contribution in [2.45, 2.75) is 135 Å². The molecule has 2 aliphatic heterocycles. The predicted octanol–water partition coefficient (Wildman–Crippen LogP) is 7.07. The van der Waals surface area contributed by atoms with Crippen LogP contribution in [0.1, 0.15) is 125 Å². The van der Waals surface area contributed by atoms with Crippen LogP contribution in [0, 0.1) is 11.8 Å². The number of amides is 2. The van der Waals surface area contributed by atoms with Gasteiger partial charge in [-0.25, -0.2) is 19.2 Å². The highest BCUT2D eigenvalue weighted by atomic mass is 16.6. The van der Waals surface area contributed by atoms with Gasteiger partial charge in [-0.2, -0.15) is 0 Å². The topological polar surface area (TPSA) is 146 Å². The largest absolute Gasteiger partial charge is 0.456 e. The molecule has 2 saturated heterocycles. The van der Waals surface area contributed by atoms with Crippen molar-refractivity contribution >= 4 is 35.7 Å². The number of fused-ring (bicyclic) bond motifs is 5. The van der Waals surface area contributed by atoms with Crippen LogP contribution in [-0.4, -0.2) is 94.1 Å². The lowest BCUT2D eigenvalue weighted by atomic mass is 10.0. The molecule has 2 unspecified atom stereocenters.